The van der Waals surface area contributed by atoms with E-state index in [-0.39, 0.29) is 5.97 Å². The topological polar surface area (TPSA) is 46.5 Å². The molecule has 112 valence electrons. The molecule has 1 aromatic rings. The van der Waals surface area contributed by atoms with Crippen LogP contribution in [0, 0.1) is 12.8 Å². The van der Waals surface area contributed by atoms with Crippen LogP contribution < -0.4 is 0 Å². The summed E-state index contributed by atoms with van der Waals surface area (Å²) in [6, 6.07) is 7.73. The van der Waals surface area contributed by atoms with Crippen LogP contribution in [0.4, 0.5) is 0 Å². The fraction of sp³-hybridized carbons (Fsp3) is 0.588. The standard InChI is InChI=1S/C17H26O3/c1-5-7-8-15(16(18)20-4)17(19,6-2)14-11-9-13(3)10-12-14/h9-12,15,19H,5-8H2,1-4H3. The summed E-state index contributed by atoms with van der Waals surface area (Å²) in [5.41, 5.74) is 0.767. The van der Waals surface area contributed by atoms with Crippen molar-refractivity contribution >= 4 is 5.97 Å². The Kier molecular flexibility index (Phi) is 6.21. The van der Waals surface area contributed by atoms with Crippen LogP contribution in [-0.2, 0) is 15.1 Å². The van der Waals surface area contributed by atoms with Gasteiger partial charge >= 0.3 is 5.97 Å². The van der Waals surface area contributed by atoms with Gasteiger partial charge in [-0.05, 0) is 25.3 Å². The van der Waals surface area contributed by atoms with Crippen LogP contribution in [0.15, 0.2) is 24.3 Å². The van der Waals surface area contributed by atoms with Gasteiger partial charge in [0.2, 0.25) is 0 Å². The molecule has 2 atom stereocenters. The summed E-state index contributed by atoms with van der Waals surface area (Å²) in [5.74, 6) is -0.844. The van der Waals surface area contributed by atoms with Crippen LogP contribution in [0.5, 0.6) is 0 Å². The highest BCUT2D eigenvalue weighted by atomic mass is 16.5. The molecule has 0 aliphatic carbocycles. The number of hydrogen-bond acceptors (Lipinski definition) is 3. The van der Waals surface area contributed by atoms with E-state index < -0.39 is 11.5 Å². The molecule has 0 aliphatic heterocycles. The van der Waals surface area contributed by atoms with Gasteiger partial charge in [0.05, 0.1) is 13.0 Å². The third-order valence-corrected chi connectivity index (χ3v) is 4.00. The predicted molar refractivity (Wildman–Crippen MR) is 80.4 cm³/mol. The van der Waals surface area contributed by atoms with Crippen LogP contribution in [0.3, 0.4) is 0 Å². The third kappa shape index (κ3) is 3.60. The van der Waals surface area contributed by atoms with Crippen molar-refractivity contribution < 1.29 is 14.6 Å². The highest BCUT2D eigenvalue weighted by Crippen LogP contribution is 2.37. The van der Waals surface area contributed by atoms with Crippen molar-refractivity contribution in [3.05, 3.63) is 35.4 Å². The van der Waals surface area contributed by atoms with Gasteiger partial charge in [0.25, 0.3) is 0 Å². The number of benzene rings is 1. The van der Waals surface area contributed by atoms with E-state index in [9.17, 15) is 9.90 Å². The van der Waals surface area contributed by atoms with Crippen LogP contribution in [0.1, 0.15) is 50.7 Å². The first-order valence-corrected chi connectivity index (χ1v) is 7.36. The van der Waals surface area contributed by atoms with E-state index in [0.717, 1.165) is 24.0 Å². The molecule has 0 aliphatic rings. The molecular formula is C17H26O3. The quantitative estimate of drug-likeness (QED) is 0.776. The minimum absolute atomic E-state index is 0.330. The van der Waals surface area contributed by atoms with Crippen molar-refractivity contribution in [2.45, 2.75) is 52.1 Å². The number of aliphatic hydroxyl groups is 1. The highest BCUT2D eigenvalue weighted by Gasteiger charge is 2.41. The van der Waals surface area contributed by atoms with Crippen molar-refractivity contribution in [1.29, 1.82) is 0 Å². The van der Waals surface area contributed by atoms with Gasteiger partial charge in [0, 0.05) is 0 Å². The van der Waals surface area contributed by atoms with E-state index in [4.69, 9.17) is 4.74 Å². The molecule has 0 radical (unpaired) electrons. The first-order chi connectivity index (χ1) is 9.49. The van der Waals surface area contributed by atoms with E-state index in [1.807, 2.05) is 38.1 Å². The highest BCUT2D eigenvalue weighted by molar-refractivity contribution is 5.74. The van der Waals surface area contributed by atoms with E-state index in [1.165, 1.54) is 7.11 Å². The van der Waals surface area contributed by atoms with Crippen molar-refractivity contribution in [2.75, 3.05) is 7.11 Å². The first kappa shape index (κ1) is 16.7. The monoisotopic (exact) mass is 278 g/mol. The lowest BCUT2D eigenvalue weighted by atomic mass is 9.76. The number of carbonyl (C=O) groups excluding carboxylic acids is 1. The van der Waals surface area contributed by atoms with E-state index in [0.29, 0.717) is 12.8 Å². The van der Waals surface area contributed by atoms with Crippen LogP contribution >= 0.6 is 0 Å². The molecule has 2 unspecified atom stereocenters. The minimum Gasteiger partial charge on any atom is -0.469 e. The molecule has 3 heteroatoms. The summed E-state index contributed by atoms with van der Waals surface area (Å²) in [6.45, 7) is 5.98. The maximum absolute atomic E-state index is 12.1. The zero-order valence-corrected chi connectivity index (χ0v) is 13.0. The molecule has 0 bridgehead atoms. The van der Waals surface area contributed by atoms with Crippen molar-refractivity contribution in [1.82, 2.24) is 0 Å². The number of hydrogen-bond donors (Lipinski definition) is 1. The fourth-order valence-electron chi connectivity index (χ4n) is 2.60. The van der Waals surface area contributed by atoms with Crippen molar-refractivity contribution in [3.63, 3.8) is 0 Å². The van der Waals surface area contributed by atoms with Crippen LogP contribution in [-0.4, -0.2) is 18.2 Å². The van der Waals surface area contributed by atoms with Gasteiger partial charge in [-0.25, -0.2) is 0 Å². The molecule has 0 fully saturated rings. The van der Waals surface area contributed by atoms with E-state index >= 15 is 0 Å². The average molecular weight is 278 g/mol. The van der Waals surface area contributed by atoms with Gasteiger partial charge in [0.1, 0.15) is 5.60 Å². The number of carbonyl (C=O) groups is 1. The summed E-state index contributed by atoms with van der Waals surface area (Å²) >= 11 is 0. The second-order valence-electron chi connectivity index (χ2n) is 5.36. The molecule has 0 spiro atoms. The van der Waals surface area contributed by atoms with Gasteiger partial charge in [-0.15, -0.1) is 0 Å². The van der Waals surface area contributed by atoms with Gasteiger partial charge in [-0.2, -0.15) is 0 Å². The molecule has 0 saturated heterocycles. The second kappa shape index (κ2) is 7.44. The maximum atomic E-state index is 12.1. The Morgan fingerprint density at radius 3 is 2.35 bits per heavy atom. The van der Waals surface area contributed by atoms with Crippen LogP contribution in [0.25, 0.3) is 0 Å². The smallest absolute Gasteiger partial charge is 0.311 e. The third-order valence-electron chi connectivity index (χ3n) is 4.00. The van der Waals surface area contributed by atoms with Crippen molar-refractivity contribution in [3.8, 4) is 0 Å². The molecular weight excluding hydrogens is 252 g/mol. The predicted octanol–water partition coefficient (Wildman–Crippen LogP) is 3.57. The SMILES string of the molecule is CCCCC(C(=O)OC)C(O)(CC)c1ccc(C)cc1. The lowest BCUT2D eigenvalue weighted by Crippen LogP contribution is -2.40. The van der Waals surface area contributed by atoms with Crippen LogP contribution in [0.2, 0.25) is 0 Å². The molecule has 20 heavy (non-hydrogen) atoms. The van der Waals surface area contributed by atoms with E-state index in [2.05, 4.69) is 6.92 Å². The van der Waals surface area contributed by atoms with Gasteiger partial charge in [0.15, 0.2) is 0 Å². The zero-order valence-electron chi connectivity index (χ0n) is 13.0. The summed E-state index contributed by atoms with van der Waals surface area (Å²) in [4.78, 5) is 12.1. The lowest BCUT2D eigenvalue weighted by Gasteiger charge is -2.34. The molecule has 0 heterocycles. The number of rotatable bonds is 7. The zero-order chi connectivity index (χ0) is 15.2. The minimum atomic E-state index is -1.16. The average Bonchev–Trinajstić information content (AvgIpc) is 2.47. The van der Waals surface area contributed by atoms with E-state index in [1.54, 1.807) is 0 Å². The molecule has 0 amide bonds. The first-order valence-electron chi connectivity index (χ1n) is 7.36. The summed E-state index contributed by atoms with van der Waals surface area (Å²) < 4.78 is 4.90. The Morgan fingerprint density at radius 2 is 1.90 bits per heavy atom. The number of esters is 1. The molecule has 0 saturated carbocycles. The Morgan fingerprint density at radius 1 is 1.30 bits per heavy atom. The summed E-state index contributed by atoms with van der Waals surface area (Å²) in [7, 11) is 1.38. The Labute approximate surface area is 122 Å². The summed E-state index contributed by atoms with van der Waals surface area (Å²) in [6.07, 6.45) is 3.01. The van der Waals surface area contributed by atoms with Gasteiger partial charge in [-0.1, -0.05) is 56.5 Å². The number of unbranched alkanes of at least 4 members (excludes halogenated alkanes) is 1. The van der Waals surface area contributed by atoms with Gasteiger partial charge < -0.3 is 9.84 Å². The lowest BCUT2D eigenvalue weighted by molar-refractivity contribution is -0.158. The molecule has 1 rings (SSSR count). The number of methoxy groups -OCH3 is 1. The summed E-state index contributed by atoms with van der Waals surface area (Å²) in [5, 5.41) is 11.1. The molecule has 1 aromatic carbocycles. The Balaban J connectivity index is 3.14. The van der Waals surface area contributed by atoms with Crippen molar-refractivity contribution in [2.24, 2.45) is 5.92 Å². The molecule has 3 nitrogen and oxygen atoms in total. The second-order valence-corrected chi connectivity index (χ2v) is 5.36. The molecule has 1 N–H and O–H groups in total. The number of ether oxygens (including phenoxy) is 1. The molecule has 0 aromatic heterocycles. The Bertz CT molecular complexity index is 424. The Hall–Kier alpha value is -1.35. The fourth-order valence-corrected chi connectivity index (χ4v) is 2.60. The van der Waals surface area contributed by atoms with Gasteiger partial charge in [-0.3, -0.25) is 4.79 Å². The normalized spacial score (nSPS) is 15.4. The maximum Gasteiger partial charge on any atom is 0.311 e. The number of aryl methyl sites for hydroxylation is 1. The largest absolute Gasteiger partial charge is 0.469 e.